The molecular weight excluding hydrogens is 482 g/mol. The number of allylic oxidation sites excluding steroid dienone is 7. The lowest BCUT2D eigenvalue weighted by molar-refractivity contribution is -0.117. The van der Waals surface area contributed by atoms with Crippen molar-refractivity contribution in [2.24, 2.45) is 11.3 Å². The lowest BCUT2D eigenvalue weighted by Gasteiger charge is -2.20. The number of likely N-dealkylation sites (N-methyl/N-ethyl adjacent to an activating group) is 1. The molecule has 0 fully saturated rings. The summed E-state index contributed by atoms with van der Waals surface area (Å²) in [7, 11) is 0. The summed E-state index contributed by atoms with van der Waals surface area (Å²) in [5.41, 5.74) is 10.4. The van der Waals surface area contributed by atoms with E-state index in [0.29, 0.717) is 23.5 Å². The van der Waals surface area contributed by atoms with Crippen LogP contribution in [0.1, 0.15) is 101 Å². The second kappa shape index (κ2) is 19.9. The molecule has 0 radical (unpaired) electrons. The van der Waals surface area contributed by atoms with E-state index >= 15 is 0 Å². The highest BCUT2D eigenvalue weighted by molar-refractivity contribution is 5.97. The summed E-state index contributed by atoms with van der Waals surface area (Å²) >= 11 is 0. The summed E-state index contributed by atoms with van der Waals surface area (Å²) in [4.78, 5) is 16.2. The zero-order chi connectivity index (χ0) is 30.2. The highest BCUT2D eigenvalue weighted by Crippen LogP contribution is 2.28. The predicted octanol–water partition coefficient (Wildman–Crippen LogP) is 8.84. The van der Waals surface area contributed by atoms with Crippen LogP contribution in [-0.4, -0.2) is 22.0 Å². The van der Waals surface area contributed by atoms with E-state index in [9.17, 15) is 4.79 Å². The van der Waals surface area contributed by atoms with Crippen molar-refractivity contribution in [3.63, 3.8) is 0 Å². The zero-order valence-electron chi connectivity index (χ0n) is 26.4. The maximum Gasteiger partial charge on any atom is 0.250 e. The van der Waals surface area contributed by atoms with E-state index in [1.807, 2.05) is 46.1 Å². The van der Waals surface area contributed by atoms with Crippen LogP contribution < -0.4 is 16.6 Å². The van der Waals surface area contributed by atoms with Gasteiger partial charge in [-0.15, -0.1) is 0 Å². The van der Waals surface area contributed by atoms with Crippen molar-refractivity contribution >= 4 is 17.6 Å². The predicted molar refractivity (Wildman–Crippen MR) is 176 cm³/mol. The molecule has 222 valence electrons. The lowest BCUT2D eigenvalue weighted by atomic mass is 9.85. The largest absolute Gasteiger partial charge is 0.352 e. The topological polar surface area (TPSA) is 85.0 Å². The maximum absolute atomic E-state index is 11.8. The number of aromatic nitrogens is 2. The van der Waals surface area contributed by atoms with Gasteiger partial charge in [0.2, 0.25) is 5.95 Å². The van der Waals surface area contributed by atoms with Crippen LogP contribution in [0.5, 0.6) is 0 Å². The number of hydrazine groups is 1. The molecule has 0 bridgehead atoms. The Bertz CT molecular complexity index is 1040. The first-order valence-corrected chi connectivity index (χ1v) is 13.5. The molecule has 0 unspecified atom stereocenters. The quantitative estimate of drug-likeness (QED) is 0.119. The minimum atomic E-state index is -0.215. The average Bonchev–Trinajstić information content (AvgIpc) is 3.13. The molecule has 0 saturated carbocycles. The molecule has 0 aromatic carbocycles. The summed E-state index contributed by atoms with van der Waals surface area (Å²) in [6.07, 6.45) is 8.24. The molecule has 0 aliphatic heterocycles. The van der Waals surface area contributed by atoms with Gasteiger partial charge in [0.1, 0.15) is 0 Å². The third-order valence-corrected chi connectivity index (χ3v) is 5.56. The number of carbonyl (C=O) groups excluding carboxylic acids is 1. The summed E-state index contributed by atoms with van der Waals surface area (Å²) in [6.45, 7) is 37.3. The number of nitrogens with two attached hydrogens (primary N) is 1. The average molecular weight is 542 g/mol. The van der Waals surface area contributed by atoms with Crippen LogP contribution in [0, 0.1) is 19.3 Å². The molecule has 1 aromatic heterocycles. The van der Waals surface area contributed by atoms with E-state index < -0.39 is 0 Å². The first-order valence-electron chi connectivity index (χ1n) is 13.5. The zero-order valence-corrected chi connectivity index (χ0v) is 26.4. The Hall–Kier alpha value is -3.12. The van der Waals surface area contributed by atoms with Crippen molar-refractivity contribution in [3.05, 3.63) is 77.2 Å². The minimum absolute atomic E-state index is 0. The number of hydrogen-bond donors (Lipinski definition) is 3. The van der Waals surface area contributed by atoms with E-state index in [-0.39, 0.29) is 13.3 Å². The van der Waals surface area contributed by atoms with Crippen molar-refractivity contribution in [2.75, 3.05) is 12.0 Å². The number of rotatable bonds is 10. The molecule has 6 nitrogen and oxygen atoms in total. The molecule has 1 heterocycles. The minimum Gasteiger partial charge on any atom is -0.352 e. The van der Waals surface area contributed by atoms with Crippen LogP contribution in [-0.2, 0) is 4.79 Å². The molecule has 0 saturated heterocycles. The Labute approximate surface area is 240 Å². The van der Waals surface area contributed by atoms with Crippen molar-refractivity contribution in [2.45, 2.75) is 103 Å². The van der Waals surface area contributed by atoms with Gasteiger partial charge < -0.3 is 5.32 Å². The van der Waals surface area contributed by atoms with Crippen LogP contribution >= 0.6 is 0 Å². The van der Waals surface area contributed by atoms with Gasteiger partial charge in [0.15, 0.2) is 0 Å². The van der Waals surface area contributed by atoms with Gasteiger partial charge in [-0.1, -0.05) is 86.4 Å². The Morgan fingerprint density at radius 3 is 2.03 bits per heavy atom. The summed E-state index contributed by atoms with van der Waals surface area (Å²) in [6, 6.07) is 0. The van der Waals surface area contributed by atoms with E-state index in [2.05, 4.69) is 89.2 Å². The second-order valence-electron chi connectivity index (χ2n) is 10.2. The molecule has 39 heavy (non-hydrogen) atoms. The van der Waals surface area contributed by atoms with E-state index in [1.165, 1.54) is 16.7 Å². The first-order chi connectivity index (χ1) is 17.6. The van der Waals surface area contributed by atoms with Gasteiger partial charge in [0, 0.05) is 17.8 Å². The van der Waals surface area contributed by atoms with Gasteiger partial charge >= 0.3 is 0 Å². The van der Waals surface area contributed by atoms with Crippen LogP contribution in [0.3, 0.4) is 0 Å². The molecule has 0 aliphatic rings. The number of amides is 1. The number of nitrogens with zero attached hydrogens (tertiary/aromatic N) is 2. The smallest absolute Gasteiger partial charge is 0.250 e. The fraction of sp³-hybridized carbons (Fsp3) is 0.515. The number of aryl methyl sites for hydroxylation is 1. The fourth-order valence-corrected chi connectivity index (χ4v) is 3.36. The molecule has 4 N–H and O–H groups in total. The third kappa shape index (κ3) is 14.6. The van der Waals surface area contributed by atoms with Gasteiger partial charge in [-0.25, -0.2) is 10.8 Å². The Balaban J connectivity index is -0.000000640. The molecule has 0 atom stereocenters. The maximum atomic E-state index is 11.8. The molecule has 1 aromatic rings. The van der Waals surface area contributed by atoms with Crippen molar-refractivity contribution in [3.8, 4) is 0 Å². The number of imidazole rings is 1. The Morgan fingerprint density at radius 2 is 1.62 bits per heavy atom. The summed E-state index contributed by atoms with van der Waals surface area (Å²) in [5.74, 6) is 5.79. The molecule has 1 amide bonds. The van der Waals surface area contributed by atoms with Crippen molar-refractivity contribution in [1.82, 2.24) is 14.9 Å². The van der Waals surface area contributed by atoms with Crippen LogP contribution in [0.15, 0.2) is 65.8 Å². The van der Waals surface area contributed by atoms with E-state index in [1.54, 1.807) is 6.08 Å². The van der Waals surface area contributed by atoms with Gasteiger partial charge in [-0.3, -0.25) is 14.8 Å². The number of carbonyl (C=O) groups is 1. The monoisotopic (exact) mass is 541 g/mol. The number of anilines is 1. The Kier molecular flexibility index (Phi) is 20.6. The van der Waals surface area contributed by atoms with Gasteiger partial charge in [-0.2, -0.15) is 0 Å². The third-order valence-electron chi connectivity index (χ3n) is 5.56. The van der Waals surface area contributed by atoms with Crippen LogP contribution in [0.25, 0.3) is 5.70 Å². The second-order valence-corrected chi connectivity index (χ2v) is 10.2. The molecule has 1 rings (SSSR count). The number of nitrogen functional groups attached to an aromatic ring is 1. The molecule has 0 aliphatic carbocycles. The number of hydrogen-bond acceptors (Lipinski definition) is 4. The standard InChI is InChI=1S/C15H23N5O.C15H26.C2H6.CH4/c1-7-17-14(21)10(4)8-13(9(2)3)20-12(6)11(5)18-15(20)19-16;1-8-9-10-12(2)14(4)13(3)11-15(5,6)7;1-2;/h8H,2,4,7,16H2,1,3,5-6H3,(H,17,21)(H,18,19);9-10H,3,8,11H2,1-2,4-7H3;1-2H3;1H4/b13-8-;10-9?,14-12+;;. The molecular formula is C33H59N5O. The van der Waals surface area contributed by atoms with E-state index in [4.69, 9.17) is 5.84 Å². The highest BCUT2D eigenvalue weighted by atomic mass is 16.1. The summed E-state index contributed by atoms with van der Waals surface area (Å²) in [5, 5.41) is 2.71. The van der Waals surface area contributed by atoms with Crippen LogP contribution in [0.2, 0.25) is 0 Å². The first kappa shape index (κ1) is 40.4. The van der Waals surface area contributed by atoms with Gasteiger partial charge in [0.05, 0.1) is 11.4 Å². The SMILES string of the molecule is C.C=C(/C=C(/C(=C)C)n1c(NN)nc(C)c1C)C(=O)NCC.C=C(CC(C)(C)C)/C(C)=C(\C)C=CCC.CC. The van der Waals surface area contributed by atoms with Crippen molar-refractivity contribution in [1.29, 1.82) is 0 Å². The number of nitrogens with one attached hydrogen (secondary N) is 2. The summed E-state index contributed by atoms with van der Waals surface area (Å²) < 4.78 is 1.82. The Morgan fingerprint density at radius 1 is 1.08 bits per heavy atom. The fourth-order valence-electron chi connectivity index (χ4n) is 3.36. The van der Waals surface area contributed by atoms with Gasteiger partial charge in [0.25, 0.3) is 5.91 Å². The van der Waals surface area contributed by atoms with Crippen molar-refractivity contribution < 1.29 is 4.79 Å². The lowest BCUT2D eigenvalue weighted by Crippen LogP contribution is -2.23. The van der Waals surface area contributed by atoms with Crippen LogP contribution in [0.4, 0.5) is 5.95 Å². The molecule has 6 heteroatoms. The normalized spacial score (nSPS) is 11.7. The van der Waals surface area contributed by atoms with Gasteiger partial charge in [-0.05, 0) is 82.6 Å². The van der Waals surface area contributed by atoms with E-state index in [0.717, 1.165) is 35.5 Å². The highest BCUT2D eigenvalue weighted by Gasteiger charge is 2.16. The molecule has 0 spiro atoms.